The Bertz CT molecular complexity index is 49.1. The molecule has 0 bridgehead atoms. The van der Waals surface area contributed by atoms with E-state index in [4.69, 9.17) is 26.4 Å². The summed E-state index contributed by atoms with van der Waals surface area (Å²) in [6.45, 7) is 2.03. The first-order valence-electron chi connectivity index (χ1n) is 3.53. The largest absolute Gasteiger partial charge is 0.395 e. The molecule has 0 spiro atoms. The maximum Gasteiger partial charge on any atom is 0.0698 e. The zero-order chi connectivity index (χ0) is 8.95. The summed E-state index contributed by atoms with van der Waals surface area (Å²) in [5.41, 5.74) is 9.84. The Hall–Kier alpha value is -0.200. The fourth-order valence-electron chi connectivity index (χ4n) is 0.250. The van der Waals surface area contributed by atoms with Gasteiger partial charge in [-0.2, -0.15) is 0 Å². The van der Waals surface area contributed by atoms with Gasteiger partial charge >= 0.3 is 0 Å². The van der Waals surface area contributed by atoms with E-state index in [2.05, 4.69) is 0 Å². The number of aliphatic hydroxyl groups is 2. The van der Waals surface area contributed by atoms with Gasteiger partial charge in [0, 0.05) is 13.1 Å². The lowest BCUT2D eigenvalue weighted by molar-refractivity contribution is 0.0976. The lowest BCUT2D eigenvalue weighted by Gasteiger charge is -1.95. The van der Waals surface area contributed by atoms with Gasteiger partial charge in [-0.3, -0.25) is 0 Å². The van der Waals surface area contributed by atoms with E-state index in [1.165, 1.54) is 0 Å². The van der Waals surface area contributed by atoms with E-state index < -0.39 is 0 Å². The molecule has 0 unspecified atom stereocenters. The molecule has 0 rings (SSSR count). The van der Waals surface area contributed by atoms with Crippen LogP contribution < -0.4 is 11.5 Å². The van der Waals surface area contributed by atoms with Gasteiger partial charge in [0.2, 0.25) is 0 Å². The summed E-state index contributed by atoms with van der Waals surface area (Å²) >= 11 is 0. The van der Waals surface area contributed by atoms with Crippen molar-refractivity contribution in [1.29, 1.82) is 0 Å². The number of rotatable bonds is 5. The van der Waals surface area contributed by atoms with Crippen molar-refractivity contribution in [1.82, 2.24) is 0 Å². The van der Waals surface area contributed by atoms with Gasteiger partial charge in [-0.05, 0) is 0 Å². The fraction of sp³-hybridized carbons (Fsp3) is 1.00. The molecular weight excluding hydrogens is 148 g/mol. The molecule has 0 saturated carbocycles. The molecule has 0 aromatic carbocycles. The minimum Gasteiger partial charge on any atom is -0.395 e. The van der Waals surface area contributed by atoms with Gasteiger partial charge in [0.15, 0.2) is 0 Å². The summed E-state index contributed by atoms with van der Waals surface area (Å²) in [5, 5.41) is 15.9. The first-order chi connectivity index (χ1) is 5.33. The molecule has 0 fully saturated rings. The zero-order valence-corrected chi connectivity index (χ0v) is 6.70. The summed E-state index contributed by atoms with van der Waals surface area (Å²) in [4.78, 5) is 0. The molecule has 6 N–H and O–H groups in total. The van der Waals surface area contributed by atoms with E-state index in [1.807, 2.05) is 0 Å². The molecule has 5 nitrogen and oxygen atoms in total. The Kier molecular flexibility index (Phi) is 20.0. The van der Waals surface area contributed by atoms with Gasteiger partial charge in [-0.1, -0.05) is 0 Å². The summed E-state index contributed by atoms with van der Waals surface area (Å²) in [6.07, 6.45) is 0. The average Bonchev–Trinajstić information content (AvgIpc) is 2.06. The van der Waals surface area contributed by atoms with Gasteiger partial charge in [-0.15, -0.1) is 0 Å². The van der Waals surface area contributed by atoms with Crippen LogP contribution in [0.2, 0.25) is 0 Å². The lowest BCUT2D eigenvalue weighted by atomic mass is 10.7. The monoisotopic (exact) mass is 166 g/mol. The molecule has 0 radical (unpaired) electrons. The van der Waals surface area contributed by atoms with E-state index >= 15 is 0 Å². The second kappa shape index (κ2) is 16.4. The highest BCUT2D eigenvalue weighted by atomic mass is 16.5. The van der Waals surface area contributed by atoms with Gasteiger partial charge in [0.05, 0.1) is 26.4 Å². The van der Waals surface area contributed by atoms with Crippen molar-refractivity contribution in [2.75, 3.05) is 39.5 Å². The SMILES string of the molecule is NCCO.NCCOCCO. The van der Waals surface area contributed by atoms with Crippen LogP contribution in [-0.2, 0) is 4.74 Å². The van der Waals surface area contributed by atoms with Crippen LogP contribution in [0.4, 0.5) is 0 Å². The van der Waals surface area contributed by atoms with Gasteiger partial charge < -0.3 is 26.4 Å². The highest BCUT2D eigenvalue weighted by Crippen LogP contribution is 1.66. The van der Waals surface area contributed by atoms with Crippen molar-refractivity contribution in [2.24, 2.45) is 11.5 Å². The third-order valence-corrected chi connectivity index (χ3v) is 0.627. The molecule has 0 aromatic heterocycles. The number of hydrogen-bond donors (Lipinski definition) is 4. The quantitative estimate of drug-likeness (QED) is 0.350. The van der Waals surface area contributed by atoms with Crippen LogP contribution >= 0.6 is 0 Å². The Morgan fingerprint density at radius 3 is 1.73 bits per heavy atom. The molecule has 5 heteroatoms. The molecular formula is C6H18N2O3. The third kappa shape index (κ3) is 25.9. The molecule has 70 valence electrons. The van der Waals surface area contributed by atoms with Crippen LogP contribution in [0.25, 0.3) is 0 Å². The topological polar surface area (TPSA) is 102 Å². The van der Waals surface area contributed by atoms with Gasteiger partial charge in [0.1, 0.15) is 0 Å². The van der Waals surface area contributed by atoms with Gasteiger partial charge in [0.25, 0.3) is 0 Å². The molecule has 0 aliphatic carbocycles. The summed E-state index contributed by atoms with van der Waals surface area (Å²) in [7, 11) is 0. The number of nitrogens with two attached hydrogens (primary N) is 2. The Morgan fingerprint density at radius 2 is 1.45 bits per heavy atom. The average molecular weight is 166 g/mol. The van der Waals surface area contributed by atoms with E-state index in [9.17, 15) is 0 Å². The maximum absolute atomic E-state index is 8.13. The normalized spacial score (nSPS) is 8.73. The summed E-state index contributed by atoms with van der Waals surface area (Å²) in [6, 6.07) is 0. The molecule has 0 saturated heterocycles. The lowest BCUT2D eigenvalue weighted by Crippen LogP contribution is -2.10. The van der Waals surface area contributed by atoms with E-state index in [0.29, 0.717) is 26.3 Å². The molecule has 0 aliphatic rings. The third-order valence-electron chi connectivity index (χ3n) is 0.627. The number of aliphatic hydroxyl groups excluding tert-OH is 2. The van der Waals surface area contributed by atoms with Crippen LogP contribution in [0, 0.1) is 0 Å². The summed E-state index contributed by atoms with van der Waals surface area (Å²) in [5.74, 6) is 0. The molecule has 0 atom stereocenters. The van der Waals surface area contributed by atoms with Crippen molar-refractivity contribution in [3.8, 4) is 0 Å². The molecule has 0 aromatic rings. The Morgan fingerprint density at radius 1 is 0.909 bits per heavy atom. The Labute approximate surface area is 67.0 Å². The highest BCUT2D eigenvalue weighted by molar-refractivity contribution is 4.28. The second-order valence-electron chi connectivity index (χ2n) is 1.64. The van der Waals surface area contributed by atoms with E-state index in [-0.39, 0.29) is 13.2 Å². The minimum absolute atomic E-state index is 0.0833. The first-order valence-corrected chi connectivity index (χ1v) is 3.53. The van der Waals surface area contributed by atoms with Crippen LogP contribution in [0.1, 0.15) is 0 Å². The fourth-order valence-corrected chi connectivity index (χ4v) is 0.250. The predicted octanol–water partition coefficient (Wildman–Crippen LogP) is -2.11. The number of ether oxygens (including phenoxy) is 1. The van der Waals surface area contributed by atoms with Crippen molar-refractivity contribution < 1.29 is 14.9 Å². The minimum atomic E-state index is 0.0833. The predicted molar refractivity (Wildman–Crippen MR) is 43.1 cm³/mol. The molecule has 0 amide bonds. The van der Waals surface area contributed by atoms with E-state index in [0.717, 1.165) is 0 Å². The zero-order valence-electron chi connectivity index (χ0n) is 6.70. The van der Waals surface area contributed by atoms with Crippen LogP contribution in [0.3, 0.4) is 0 Å². The standard InChI is InChI=1S/C4H11NO2.C2H7NO/c5-1-3-7-4-2-6;3-1-2-4/h6H,1-5H2;4H,1-3H2. The van der Waals surface area contributed by atoms with Crippen LogP contribution in [-0.4, -0.2) is 49.7 Å². The summed E-state index contributed by atoms with van der Waals surface area (Å²) < 4.78 is 4.76. The van der Waals surface area contributed by atoms with Crippen molar-refractivity contribution in [3.05, 3.63) is 0 Å². The first kappa shape index (κ1) is 13.4. The number of hydrogen-bond acceptors (Lipinski definition) is 5. The Balaban J connectivity index is 0. The van der Waals surface area contributed by atoms with E-state index in [1.54, 1.807) is 0 Å². The van der Waals surface area contributed by atoms with Crippen molar-refractivity contribution in [3.63, 3.8) is 0 Å². The van der Waals surface area contributed by atoms with Crippen LogP contribution in [0.5, 0.6) is 0 Å². The second-order valence-corrected chi connectivity index (χ2v) is 1.64. The highest BCUT2D eigenvalue weighted by Gasteiger charge is 1.78. The van der Waals surface area contributed by atoms with Crippen molar-refractivity contribution >= 4 is 0 Å². The maximum atomic E-state index is 8.13. The molecule has 0 aliphatic heterocycles. The van der Waals surface area contributed by atoms with Crippen LogP contribution in [0.15, 0.2) is 0 Å². The smallest absolute Gasteiger partial charge is 0.0698 e. The van der Waals surface area contributed by atoms with Crippen molar-refractivity contribution in [2.45, 2.75) is 0 Å². The molecule has 11 heavy (non-hydrogen) atoms. The molecule has 0 heterocycles. The van der Waals surface area contributed by atoms with Gasteiger partial charge in [-0.25, -0.2) is 0 Å².